The van der Waals surface area contributed by atoms with Crippen molar-refractivity contribution in [2.75, 3.05) is 10.6 Å². The Morgan fingerprint density at radius 2 is 1.14 bits per heavy atom. The summed E-state index contributed by atoms with van der Waals surface area (Å²) in [5.74, 6) is 0.220. The molecule has 0 unspecified atom stereocenters. The molecule has 0 aromatic heterocycles. The summed E-state index contributed by atoms with van der Waals surface area (Å²) in [7, 11) is 0. The van der Waals surface area contributed by atoms with E-state index >= 15 is 0 Å². The Morgan fingerprint density at radius 1 is 0.571 bits per heavy atom. The molecule has 0 spiro atoms. The zero-order valence-corrected chi connectivity index (χ0v) is 11.5. The summed E-state index contributed by atoms with van der Waals surface area (Å²) in [6, 6.07) is 25.1. The van der Waals surface area contributed by atoms with Gasteiger partial charge in [0.05, 0.1) is 5.69 Å². The number of para-hydroxylation sites is 2. The van der Waals surface area contributed by atoms with Gasteiger partial charge in [0.2, 0.25) is 0 Å². The molecule has 0 aliphatic rings. The van der Waals surface area contributed by atoms with Gasteiger partial charge in [0, 0.05) is 17.1 Å². The van der Waals surface area contributed by atoms with Crippen LogP contribution in [0, 0.1) is 0 Å². The molecule has 21 heavy (non-hydrogen) atoms. The number of phenols is 1. The summed E-state index contributed by atoms with van der Waals surface area (Å²) < 4.78 is 0. The summed E-state index contributed by atoms with van der Waals surface area (Å²) in [5, 5.41) is 16.5. The molecule has 0 fully saturated rings. The zero-order valence-electron chi connectivity index (χ0n) is 11.5. The van der Waals surface area contributed by atoms with Crippen molar-refractivity contribution < 1.29 is 5.11 Å². The molecule has 0 heterocycles. The highest BCUT2D eigenvalue weighted by Gasteiger charge is 2.03. The number of phenolic OH excluding ortho intramolecular Hbond substituents is 1. The van der Waals surface area contributed by atoms with Gasteiger partial charge in [-0.25, -0.2) is 0 Å². The first-order chi connectivity index (χ1) is 10.3. The number of hydrogen-bond acceptors (Lipinski definition) is 3. The van der Waals surface area contributed by atoms with Gasteiger partial charge >= 0.3 is 0 Å². The fourth-order valence-corrected chi connectivity index (χ4v) is 2.08. The highest BCUT2D eigenvalue weighted by atomic mass is 16.3. The summed E-state index contributed by atoms with van der Waals surface area (Å²) >= 11 is 0. The van der Waals surface area contributed by atoms with E-state index in [0.717, 1.165) is 17.1 Å². The first kappa shape index (κ1) is 13.1. The van der Waals surface area contributed by atoms with Gasteiger partial charge in [0.1, 0.15) is 5.75 Å². The van der Waals surface area contributed by atoms with Crippen molar-refractivity contribution in [1.82, 2.24) is 0 Å². The lowest BCUT2D eigenvalue weighted by Crippen LogP contribution is -1.94. The molecule has 0 aliphatic heterocycles. The second kappa shape index (κ2) is 6.01. The Morgan fingerprint density at radius 3 is 1.76 bits per heavy atom. The molecule has 3 aromatic carbocycles. The molecule has 0 saturated carbocycles. The van der Waals surface area contributed by atoms with Crippen LogP contribution in [-0.2, 0) is 0 Å². The highest BCUT2D eigenvalue weighted by molar-refractivity contribution is 5.72. The van der Waals surface area contributed by atoms with E-state index in [9.17, 15) is 5.11 Å². The van der Waals surface area contributed by atoms with Crippen molar-refractivity contribution in [3.8, 4) is 5.75 Å². The molecular formula is C18H16N2O. The van der Waals surface area contributed by atoms with Crippen LogP contribution in [0.2, 0.25) is 0 Å². The Kier molecular flexibility index (Phi) is 3.74. The first-order valence-electron chi connectivity index (χ1n) is 6.78. The van der Waals surface area contributed by atoms with Crippen molar-refractivity contribution in [2.24, 2.45) is 0 Å². The van der Waals surface area contributed by atoms with Crippen LogP contribution < -0.4 is 10.6 Å². The quantitative estimate of drug-likeness (QED) is 0.470. The molecule has 0 saturated heterocycles. The maximum atomic E-state index is 9.97. The fourth-order valence-electron chi connectivity index (χ4n) is 2.08. The topological polar surface area (TPSA) is 44.3 Å². The maximum Gasteiger partial charge on any atom is 0.139 e. The Balaban J connectivity index is 1.83. The SMILES string of the molecule is Oc1ccc(Nc2ccccc2)cc1Nc1ccccc1. The number of benzene rings is 3. The van der Waals surface area contributed by atoms with E-state index in [1.54, 1.807) is 6.07 Å². The maximum absolute atomic E-state index is 9.97. The van der Waals surface area contributed by atoms with Crippen molar-refractivity contribution in [3.63, 3.8) is 0 Å². The predicted octanol–water partition coefficient (Wildman–Crippen LogP) is 4.88. The van der Waals surface area contributed by atoms with E-state index in [1.807, 2.05) is 72.8 Å². The molecule has 3 heteroatoms. The van der Waals surface area contributed by atoms with Crippen LogP contribution in [0.4, 0.5) is 22.7 Å². The molecule has 3 nitrogen and oxygen atoms in total. The molecule has 3 aromatic rings. The average molecular weight is 276 g/mol. The highest BCUT2D eigenvalue weighted by Crippen LogP contribution is 2.30. The zero-order chi connectivity index (χ0) is 14.5. The largest absolute Gasteiger partial charge is 0.506 e. The van der Waals surface area contributed by atoms with E-state index in [1.165, 1.54) is 0 Å². The molecule has 0 bridgehead atoms. The third kappa shape index (κ3) is 3.34. The van der Waals surface area contributed by atoms with E-state index < -0.39 is 0 Å². The lowest BCUT2D eigenvalue weighted by atomic mass is 10.2. The summed E-state index contributed by atoms with van der Waals surface area (Å²) in [4.78, 5) is 0. The molecule has 0 amide bonds. The van der Waals surface area contributed by atoms with Crippen molar-refractivity contribution in [3.05, 3.63) is 78.9 Å². The number of anilines is 4. The molecule has 0 radical (unpaired) electrons. The third-order valence-corrected chi connectivity index (χ3v) is 3.11. The molecule has 3 rings (SSSR count). The summed E-state index contributed by atoms with van der Waals surface area (Å²) in [6.45, 7) is 0. The van der Waals surface area contributed by atoms with Crippen LogP contribution >= 0.6 is 0 Å². The van der Waals surface area contributed by atoms with Gasteiger partial charge in [-0.2, -0.15) is 0 Å². The van der Waals surface area contributed by atoms with Crippen LogP contribution in [0.3, 0.4) is 0 Å². The Hall–Kier alpha value is -2.94. The molecule has 104 valence electrons. The van der Waals surface area contributed by atoms with E-state index in [-0.39, 0.29) is 5.75 Å². The minimum Gasteiger partial charge on any atom is -0.506 e. The third-order valence-electron chi connectivity index (χ3n) is 3.11. The van der Waals surface area contributed by atoms with Crippen LogP contribution in [0.15, 0.2) is 78.9 Å². The summed E-state index contributed by atoms with van der Waals surface area (Å²) in [5.41, 5.74) is 3.53. The minimum atomic E-state index is 0.220. The van der Waals surface area contributed by atoms with E-state index in [4.69, 9.17) is 0 Å². The van der Waals surface area contributed by atoms with Gasteiger partial charge in [0.15, 0.2) is 0 Å². The lowest BCUT2D eigenvalue weighted by Gasteiger charge is -2.12. The van der Waals surface area contributed by atoms with Gasteiger partial charge in [-0.1, -0.05) is 36.4 Å². The second-order valence-corrected chi connectivity index (χ2v) is 4.71. The molecule has 0 aliphatic carbocycles. The molecule has 0 atom stereocenters. The normalized spacial score (nSPS) is 10.1. The molecule has 3 N–H and O–H groups in total. The van der Waals surface area contributed by atoms with Crippen molar-refractivity contribution in [1.29, 1.82) is 0 Å². The molecular weight excluding hydrogens is 260 g/mol. The number of rotatable bonds is 4. The van der Waals surface area contributed by atoms with Gasteiger partial charge < -0.3 is 15.7 Å². The number of aromatic hydroxyl groups is 1. The van der Waals surface area contributed by atoms with Crippen molar-refractivity contribution in [2.45, 2.75) is 0 Å². The lowest BCUT2D eigenvalue weighted by molar-refractivity contribution is 0.478. The van der Waals surface area contributed by atoms with Crippen LogP contribution in [0.1, 0.15) is 0 Å². The predicted molar refractivity (Wildman–Crippen MR) is 87.6 cm³/mol. The Labute approximate surface area is 123 Å². The van der Waals surface area contributed by atoms with E-state index in [2.05, 4.69) is 10.6 Å². The van der Waals surface area contributed by atoms with Gasteiger partial charge in [-0.15, -0.1) is 0 Å². The van der Waals surface area contributed by atoms with Crippen LogP contribution in [-0.4, -0.2) is 5.11 Å². The minimum absolute atomic E-state index is 0.220. The number of hydrogen-bond donors (Lipinski definition) is 3. The van der Waals surface area contributed by atoms with E-state index in [0.29, 0.717) is 5.69 Å². The second-order valence-electron chi connectivity index (χ2n) is 4.71. The summed E-state index contributed by atoms with van der Waals surface area (Å²) in [6.07, 6.45) is 0. The van der Waals surface area contributed by atoms with Gasteiger partial charge in [0.25, 0.3) is 0 Å². The average Bonchev–Trinajstić information content (AvgIpc) is 2.53. The first-order valence-corrected chi connectivity index (χ1v) is 6.78. The standard InChI is InChI=1S/C18H16N2O/c21-18-12-11-16(19-14-7-3-1-4-8-14)13-17(18)20-15-9-5-2-6-10-15/h1-13,19-21H. The van der Waals surface area contributed by atoms with Crippen LogP contribution in [0.25, 0.3) is 0 Å². The van der Waals surface area contributed by atoms with Crippen LogP contribution in [0.5, 0.6) is 5.75 Å². The Bertz CT molecular complexity index is 712. The number of nitrogens with one attached hydrogen (secondary N) is 2. The fraction of sp³-hybridized carbons (Fsp3) is 0. The van der Waals surface area contributed by atoms with Gasteiger partial charge in [-0.05, 0) is 42.5 Å². The monoisotopic (exact) mass is 276 g/mol. The smallest absolute Gasteiger partial charge is 0.139 e. The van der Waals surface area contributed by atoms with Gasteiger partial charge in [-0.3, -0.25) is 0 Å². The van der Waals surface area contributed by atoms with Crippen molar-refractivity contribution >= 4 is 22.7 Å².